The van der Waals surface area contributed by atoms with Crippen molar-refractivity contribution >= 4 is 39.1 Å². The second kappa shape index (κ2) is 10.7. The van der Waals surface area contributed by atoms with Crippen LogP contribution in [-0.2, 0) is 21.4 Å². The Morgan fingerprint density at radius 2 is 1.82 bits per heavy atom. The Bertz CT molecular complexity index is 903. The van der Waals surface area contributed by atoms with Gasteiger partial charge in [0, 0.05) is 18.1 Å². The van der Waals surface area contributed by atoms with Gasteiger partial charge in [0.25, 0.3) is 5.91 Å². The molecule has 2 rings (SSSR count). The van der Waals surface area contributed by atoms with E-state index in [1.54, 1.807) is 12.1 Å². The molecule has 0 aliphatic carbocycles. The van der Waals surface area contributed by atoms with Crippen molar-refractivity contribution in [2.24, 2.45) is 0 Å². The lowest BCUT2D eigenvalue weighted by Crippen LogP contribution is -2.28. The van der Waals surface area contributed by atoms with Gasteiger partial charge < -0.3 is 10.1 Å². The standard InChI is InChI=1S/C19H22Cl2N2O4S/c1-2-3-10-23-28(25,26)16-8-9-18(17(21)11-16)27-13-19(24)22-12-14-4-6-15(20)7-5-14/h4-9,11,23H,2-3,10,12-13H2,1H3,(H,22,24). The lowest BCUT2D eigenvalue weighted by atomic mass is 10.2. The molecule has 0 unspecified atom stereocenters. The molecule has 0 atom stereocenters. The van der Waals surface area contributed by atoms with Crippen LogP contribution in [0.2, 0.25) is 10.0 Å². The van der Waals surface area contributed by atoms with Crippen LogP contribution < -0.4 is 14.8 Å². The Hall–Kier alpha value is -1.80. The molecular formula is C19H22Cl2N2O4S. The summed E-state index contributed by atoms with van der Waals surface area (Å²) in [5.41, 5.74) is 0.904. The number of carbonyl (C=O) groups is 1. The molecule has 0 aliphatic heterocycles. The number of unbranched alkanes of at least 4 members (excludes halogenated alkanes) is 1. The van der Waals surface area contributed by atoms with Crippen molar-refractivity contribution in [2.75, 3.05) is 13.2 Å². The summed E-state index contributed by atoms with van der Waals surface area (Å²) in [6, 6.07) is 11.2. The minimum absolute atomic E-state index is 0.0492. The first-order valence-corrected chi connectivity index (χ1v) is 11.0. The minimum atomic E-state index is -3.62. The number of rotatable bonds is 10. The topological polar surface area (TPSA) is 84.5 Å². The first-order valence-electron chi connectivity index (χ1n) is 8.75. The fourth-order valence-corrected chi connectivity index (χ4v) is 3.76. The van der Waals surface area contributed by atoms with E-state index in [4.69, 9.17) is 27.9 Å². The molecule has 2 N–H and O–H groups in total. The quantitative estimate of drug-likeness (QED) is 0.546. The fraction of sp³-hybridized carbons (Fsp3) is 0.316. The highest BCUT2D eigenvalue weighted by molar-refractivity contribution is 7.89. The van der Waals surface area contributed by atoms with E-state index >= 15 is 0 Å². The van der Waals surface area contributed by atoms with E-state index in [0.717, 1.165) is 18.4 Å². The molecular weight excluding hydrogens is 423 g/mol. The molecule has 0 fully saturated rings. The van der Waals surface area contributed by atoms with E-state index in [9.17, 15) is 13.2 Å². The van der Waals surface area contributed by atoms with E-state index < -0.39 is 10.0 Å². The van der Waals surface area contributed by atoms with E-state index in [0.29, 0.717) is 18.1 Å². The van der Waals surface area contributed by atoms with Crippen molar-refractivity contribution in [3.05, 3.63) is 58.1 Å². The van der Waals surface area contributed by atoms with Gasteiger partial charge in [0.05, 0.1) is 9.92 Å². The summed E-state index contributed by atoms with van der Waals surface area (Å²) in [6.07, 6.45) is 1.63. The van der Waals surface area contributed by atoms with Crippen molar-refractivity contribution in [1.29, 1.82) is 0 Å². The molecule has 2 aromatic carbocycles. The van der Waals surface area contributed by atoms with Gasteiger partial charge in [0.15, 0.2) is 6.61 Å². The third-order valence-electron chi connectivity index (χ3n) is 3.80. The average Bonchev–Trinajstić information content (AvgIpc) is 2.66. The Morgan fingerprint density at radius 3 is 2.46 bits per heavy atom. The predicted molar refractivity (Wildman–Crippen MR) is 110 cm³/mol. The highest BCUT2D eigenvalue weighted by Crippen LogP contribution is 2.27. The Balaban J connectivity index is 1.88. The maximum absolute atomic E-state index is 12.2. The largest absolute Gasteiger partial charge is 0.482 e. The fourth-order valence-electron chi connectivity index (χ4n) is 2.23. The number of ether oxygens (including phenoxy) is 1. The third-order valence-corrected chi connectivity index (χ3v) is 5.80. The van der Waals surface area contributed by atoms with Crippen LogP contribution in [0.5, 0.6) is 5.75 Å². The normalized spacial score (nSPS) is 11.2. The van der Waals surface area contributed by atoms with Crippen LogP contribution in [-0.4, -0.2) is 27.5 Å². The van der Waals surface area contributed by atoms with Crippen molar-refractivity contribution < 1.29 is 17.9 Å². The zero-order valence-electron chi connectivity index (χ0n) is 15.4. The third kappa shape index (κ3) is 6.98. The van der Waals surface area contributed by atoms with Crippen LogP contribution in [0.1, 0.15) is 25.3 Å². The van der Waals surface area contributed by atoms with E-state index in [2.05, 4.69) is 10.0 Å². The number of hydrogen-bond acceptors (Lipinski definition) is 4. The number of benzene rings is 2. The monoisotopic (exact) mass is 444 g/mol. The van der Waals surface area contributed by atoms with E-state index in [1.807, 2.05) is 19.1 Å². The van der Waals surface area contributed by atoms with Crippen LogP contribution in [0.4, 0.5) is 0 Å². The van der Waals surface area contributed by atoms with Gasteiger partial charge >= 0.3 is 0 Å². The van der Waals surface area contributed by atoms with Crippen LogP contribution in [0.3, 0.4) is 0 Å². The van der Waals surface area contributed by atoms with Crippen LogP contribution >= 0.6 is 23.2 Å². The van der Waals surface area contributed by atoms with Gasteiger partial charge in [-0.1, -0.05) is 48.7 Å². The molecule has 152 valence electrons. The smallest absolute Gasteiger partial charge is 0.258 e. The maximum atomic E-state index is 12.2. The second-order valence-corrected chi connectivity index (χ2v) is 8.65. The molecule has 2 aromatic rings. The molecule has 0 aliphatic rings. The zero-order valence-corrected chi connectivity index (χ0v) is 17.7. The predicted octanol–water partition coefficient (Wildman–Crippen LogP) is 3.77. The summed E-state index contributed by atoms with van der Waals surface area (Å²) in [7, 11) is -3.62. The molecule has 0 bridgehead atoms. The molecule has 0 saturated heterocycles. The van der Waals surface area contributed by atoms with Crippen LogP contribution in [0.15, 0.2) is 47.4 Å². The molecule has 28 heavy (non-hydrogen) atoms. The highest BCUT2D eigenvalue weighted by atomic mass is 35.5. The number of hydrogen-bond donors (Lipinski definition) is 2. The number of carbonyl (C=O) groups excluding carboxylic acids is 1. The van der Waals surface area contributed by atoms with Gasteiger partial charge in [-0.15, -0.1) is 0 Å². The number of halogens is 2. The first kappa shape index (κ1) is 22.5. The van der Waals surface area contributed by atoms with E-state index in [-0.39, 0.29) is 28.2 Å². The lowest BCUT2D eigenvalue weighted by molar-refractivity contribution is -0.123. The number of nitrogens with one attached hydrogen (secondary N) is 2. The summed E-state index contributed by atoms with van der Waals surface area (Å²) in [6.45, 7) is 2.44. The molecule has 0 heterocycles. The molecule has 6 nitrogen and oxygen atoms in total. The minimum Gasteiger partial charge on any atom is -0.482 e. The summed E-state index contributed by atoms with van der Waals surface area (Å²) < 4.78 is 32.3. The number of sulfonamides is 1. The first-order chi connectivity index (χ1) is 13.3. The Labute approximate surface area is 175 Å². The van der Waals surface area contributed by atoms with Crippen molar-refractivity contribution in [3.8, 4) is 5.75 Å². The molecule has 0 aromatic heterocycles. The Kier molecular flexibility index (Phi) is 8.57. The van der Waals surface area contributed by atoms with Crippen molar-refractivity contribution in [1.82, 2.24) is 10.0 Å². The molecule has 1 amide bonds. The molecule has 0 saturated carbocycles. The summed E-state index contributed by atoms with van der Waals surface area (Å²) in [4.78, 5) is 12.0. The number of amides is 1. The zero-order chi connectivity index (χ0) is 20.6. The average molecular weight is 445 g/mol. The Morgan fingerprint density at radius 1 is 1.11 bits per heavy atom. The van der Waals surface area contributed by atoms with Crippen molar-refractivity contribution in [2.45, 2.75) is 31.2 Å². The summed E-state index contributed by atoms with van der Waals surface area (Å²) in [5, 5.41) is 3.46. The molecule has 0 radical (unpaired) electrons. The van der Waals surface area contributed by atoms with Gasteiger partial charge in [-0.2, -0.15) is 0 Å². The van der Waals surface area contributed by atoms with Crippen LogP contribution in [0.25, 0.3) is 0 Å². The summed E-state index contributed by atoms with van der Waals surface area (Å²) >= 11 is 11.9. The van der Waals surface area contributed by atoms with Gasteiger partial charge in [0.1, 0.15) is 5.75 Å². The van der Waals surface area contributed by atoms with Gasteiger partial charge in [-0.05, 0) is 42.3 Å². The second-order valence-electron chi connectivity index (χ2n) is 6.04. The summed E-state index contributed by atoms with van der Waals surface area (Å²) in [5.74, 6) is -0.0974. The SMILES string of the molecule is CCCCNS(=O)(=O)c1ccc(OCC(=O)NCc2ccc(Cl)cc2)c(Cl)c1. The van der Waals surface area contributed by atoms with Gasteiger partial charge in [0.2, 0.25) is 10.0 Å². The van der Waals surface area contributed by atoms with E-state index in [1.165, 1.54) is 18.2 Å². The van der Waals surface area contributed by atoms with Crippen molar-refractivity contribution in [3.63, 3.8) is 0 Å². The molecule has 9 heteroatoms. The highest BCUT2D eigenvalue weighted by Gasteiger charge is 2.16. The van der Waals surface area contributed by atoms with Crippen LogP contribution in [0, 0.1) is 0 Å². The molecule has 0 spiro atoms. The van der Waals surface area contributed by atoms with Gasteiger partial charge in [-0.3, -0.25) is 4.79 Å². The van der Waals surface area contributed by atoms with Gasteiger partial charge in [-0.25, -0.2) is 13.1 Å². The maximum Gasteiger partial charge on any atom is 0.258 e. The lowest BCUT2D eigenvalue weighted by Gasteiger charge is -2.11.